The van der Waals surface area contributed by atoms with E-state index in [1.54, 1.807) is 41.3 Å². The smallest absolute Gasteiger partial charge is 0.291 e. The predicted molar refractivity (Wildman–Crippen MR) is 143 cm³/mol. The van der Waals surface area contributed by atoms with Gasteiger partial charge < -0.3 is 14.1 Å². The van der Waals surface area contributed by atoms with Gasteiger partial charge in [0.25, 0.3) is 5.91 Å². The summed E-state index contributed by atoms with van der Waals surface area (Å²) in [7, 11) is 0. The molecule has 4 aromatic carbocycles. The molecule has 1 aliphatic rings. The van der Waals surface area contributed by atoms with Gasteiger partial charge in [-0.1, -0.05) is 78.3 Å². The second-order valence-corrected chi connectivity index (χ2v) is 9.42. The molecule has 0 aliphatic carbocycles. The summed E-state index contributed by atoms with van der Waals surface area (Å²) in [5.41, 5.74) is 3.25. The van der Waals surface area contributed by atoms with E-state index in [1.165, 1.54) is 0 Å². The van der Waals surface area contributed by atoms with Crippen LogP contribution >= 0.6 is 11.6 Å². The van der Waals surface area contributed by atoms with E-state index in [-0.39, 0.29) is 23.6 Å². The Bertz CT molecular complexity index is 1660. The van der Waals surface area contributed by atoms with Gasteiger partial charge >= 0.3 is 0 Å². The molecule has 0 N–H and O–H groups in total. The molecule has 1 atom stereocenters. The average molecular weight is 508 g/mol. The third-order valence-electron chi connectivity index (χ3n) is 6.56. The Morgan fingerprint density at radius 3 is 2.38 bits per heavy atom. The molecule has 0 spiro atoms. The van der Waals surface area contributed by atoms with Crippen LogP contribution in [0.5, 0.6) is 5.75 Å². The Labute approximate surface area is 218 Å². The lowest BCUT2D eigenvalue weighted by molar-refractivity contribution is 0.0714. The number of rotatable bonds is 6. The summed E-state index contributed by atoms with van der Waals surface area (Å²) < 4.78 is 12.1. The quantitative estimate of drug-likeness (QED) is 0.254. The molecule has 0 fully saturated rings. The van der Waals surface area contributed by atoms with Gasteiger partial charge in [0, 0.05) is 11.6 Å². The Morgan fingerprint density at radius 2 is 1.57 bits per heavy atom. The van der Waals surface area contributed by atoms with Crippen LogP contribution in [0.2, 0.25) is 5.02 Å². The molecular formula is C31H22ClNO4. The van der Waals surface area contributed by atoms with E-state index in [9.17, 15) is 9.59 Å². The van der Waals surface area contributed by atoms with Crippen molar-refractivity contribution in [1.82, 2.24) is 4.90 Å². The molecule has 0 radical (unpaired) electrons. The summed E-state index contributed by atoms with van der Waals surface area (Å²) in [5.74, 6) is 0.408. The van der Waals surface area contributed by atoms with E-state index in [0.717, 1.165) is 16.7 Å². The van der Waals surface area contributed by atoms with Crippen molar-refractivity contribution in [2.45, 2.75) is 19.2 Å². The van der Waals surface area contributed by atoms with Crippen LogP contribution in [0.4, 0.5) is 0 Å². The number of ether oxygens (including phenoxy) is 1. The van der Waals surface area contributed by atoms with Gasteiger partial charge in [-0.3, -0.25) is 9.59 Å². The summed E-state index contributed by atoms with van der Waals surface area (Å²) in [6, 6.07) is 31.2. The topological polar surface area (TPSA) is 59.8 Å². The predicted octanol–water partition coefficient (Wildman–Crippen LogP) is 6.77. The molecule has 1 amide bonds. The van der Waals surface area contributed by atoms with Gasteiger partial charge in [0.2, 0.25) is 5.76 Å². The number of para-hydroxylation sites is 1. The molecule has 0 saturated carbocycles. The zero-order valence-corrected chi connectivity index (χ0v) is 20.5. The maximum absolute atomic E-state index is 13.7. The van der Waals surface area contributed by atoms with Crippen molar-refractivity contribution in [1.29, 1.82) is 0 Å². The standard InChI is InChI=1S/C31H22ClNO4/c32-23-15-13-20(14-16-23)18-33-28(22-9-6-10-24(17-22)36-19-21-7-2-1-3-8-21)27-29(34)25-11-4-5-12-26(25)37-30(27)31(33)35/h1-17,28H,18-19H2. The van der Waals surface area contributed by atoms with Crippen molar-refractivity contribution >= 4 is 28.5 Å². The number of halogens is 1. The van der Waals surface area contributed by atoms with Crippen LogP contribution in [0.3, 0.4) is 0 Å². The minimum absolute atomic E-state index is 0.0817. The molecule has 6 rings (SSSR count). The number of hydrogen-bond acceptors (Lipinski definition) is 4. The normalized spacial score (nSPS) is 14.7. The van der Waals surface area contributed by atoms with E-state index in [1.807, 2.05) is 66.7 Å². The van der Waals surface area contributed by atoms with Crippen molar-refractivity contribution in [3.05, 3.63) is 146 Å². The van der Waals surface area contributed by atoms with Crippen LogP contribution in [-0.2, 0) is 13.2 Å². The first-order chi connectivity index (χ1) is 18.1. The van der Waals surface area contributed by atoms with Crippen LogP contribution in [0.25, 0.3) is 11.0 Å². The highest BCUT2D eigenvalue weighted by molar-refractivity contribution is 6.30. The van der Waals surface area contributed by atoms with Crippen molar-refractivity contribution in [2.24, 2.45) is 0 Å². The highest BCUT2D eigenvalue weighted by atomic mass is 35.5. The minimum atomic E-state index is -0.626. The molecule has 5 nitrogen and oxygen atoms in total. The monoisotopic (exact) mass is 507 g/mol. The minimum Gasteiger partial charge on any atom is -0.489 e. The van der Waals surface area contributed by atoms with Gasteiger partial charge in [0.1, 0.15) is 17.9 Å². The SMILES string of the molecule is O=C1c2oc3ccccc3c(=O)c2C(c2cccc(OCc3ccccc3)c2)N1Cc1ccc(Cl)cc1. The molecule has 1 unspecified atom stereocenters. The van der Waals surface area contributed by atoms with Gasteiger partial charge in [0.15, 0.2) is 5.43 Å². The number of fused-ring (bicyclic) bond motifs is 2. The van der Waals surface area contributed by atoms with Crippen molar-refractivity contribution in [2.75, 3.05) is 0 Å². The van der Waals surface area contributed by atoms with Gasteiger partial charge in [-0.05, 0) is 53.1 Å². The molecular weight excluding hydrogens is 486 g/mol. The number of nitrogens with zero attached hydrogens (tertiary/aromatic N) is 1. The summed E-state index contributed by atoms with van der Waals surface area (Å²) >= 11 is 6.08. The first kappa shape index (κ1) is 23.1. The fourth-order valence-electron chi connectivity index (χ4n) is 4.78. The zero-order valence-electron chi connectivity index (χ0n) is 19.8. The Balaban J connectivity index is 1.44. The largest absolute Gasteiger partial charge is 0.489 e. The van der Waals surface area contributed by atoms with E-state index in [4.69, 9.17) is 20.8 Å². The third-order valence-corrected chi connectivity index (χ3v) is 6.81. The van der Waals surface area contributed by atoms with E-state index in [2.05, 4.69) is 0 Å². The van der Waals surface area contributed by atoms with Crippen molar-refractivity contribution in [3.8, 4) is 5.75 Å². The first-order valence-corrected chi connectivity index (χ1v) is 12.3. The number of benzene rings is 4. The highest BCUT2D eigenvalue weighted by Gasteiger charge is 2.42. The van der Waals surface area contributed by atoms with Gasteiger partial charge in [-0.15, -0.1) is 0 Å². The van der Waals surface area contributed by atoms with Gasteiger partial charge in [-0.2, -0.15) is 0 Å². The highest BCUT2D eigenvalue weighted by Crippen LogP contribution is 2.40. The Kier molecular flexibility index (Phi) is 5.99. The average Bonchev–Trinajstić information content (AvgIpc) is 3.21. The number of amides is 1. The second kappa shape index (κ2) is 9.60. The van der Waals surface area contributed by atoms with E-state index in [0.29, 0.717) is 33.9 Å². The Hall–Kier alpha value is -4.35. The van der Waals surface area contributed by atoms with Gasteiger partial charge in [-0.25, -0.2) is 0 Å². The Morgan fingerprint density at radius 1 is 0.811 bits per heavy atom. The lowest BCUT2D eigenvalue weighted by atomic mass is 9.98. The van der Waals surface area contributed by atoms with Gasteiger partial charge in [0.05, 0.1) is 17.0 Å². The summed E-state index contributed by atoms with van der Waals surface area (Å²) in [4.78, 5) is 29.1. The zero-order chi connectivity index (χ0) is 25.4. The van der Waals surface area contributed by atoms with Crippen LogP contribution in [0.15, 0.2) is 112 Å². The third kappa shape index (κ3) is 4.39. The second-order valence-electron chi connectivity index (χ2n) is 8.98. The van der Waals surface area contributed by atoms with Crippen LogP contribution < -0.4 is 10.2 Å². The molecule has 1 aliphatic heterocycles. The van der Waals surface area contributed by atoms with E-state index >= 15 is 0 Å². The van der Waals surface area contributed by atoms with Crippen LogP contribution in [0, 0.1) is 0 Å². The maximum atomic E-state index is 13.7. The molecule has 0 saturated heterocycles. The molecule has 5 aromatic rings. The maximum Gasteiger partial charge on any atom is 0.291 e. The number of carbonyl (C=O) groups excluding carboxylic acids is 1. The molecule has 6 heteroatoms. The van der Waals surface area contributed by atoms with E-state index < -0.39 is 6.04 Å². The molecule has 0 bridgehead atoms. The summed E-state index contributed by atoms with van der Waals surface area (Å²) in [6.45, 7) is 0.696. The van der Waals surface area contributed by atoms with Crippen LogP contribution in [-0.4, -0.2) is 10.8 Å². The fraction of sp³-hybridized carbons (Fsp3) is 0.0968. The first-order valence-electron chi connectivity index (χ1n) is 12.0. The summed E-state index contributed by atoms with van der Waals surface area (Å²) in [6.07, 6.45) is 0. The number of carbonyl (C=O) groups is 1. The fourth-order valence-corrected chi connectivity index (χ4v) is 4.90. The van der Waals surface area contributed by atoms with Crippen molar-refractivity contribution < 1.29 is 13.9 Å². The van der Waals surface area contributed by atoms with Crippen molar-refractivity contribution in [3.63, 3.8) is 0 Å². The lowest BCUT2D eigenvalue weighted by Gasteiger charge is -2.25. The molecule has 1 aromatic heterocycles. The summed E-state index contributed by atoms with van der Waals surface area (Å²) in [5, 5.41) is 1.06. The number of hydrogen-bond donors (Lipinski definition) is 0. The molecule has 182 valence electrons. The lowest BCUT2D eigenvalue weighted by Crippen LogP contribution is -2.29. The molecule has 37 heavy (non-hydrogen) atoms. The van der Waals surface area contributed by atoms with Crippen LogP contribution in [0.1, 0.15) is 38.9 Å². The molecule has 2 heterocycles.